The molecular weight excluding hydrogens is 612 g/mol. The van der Waals surface area contributed by atoms with Crippen molar-refractivity contribution in [2.24, 2.45) is 4.99 Å². The number of benzene rings is 3. The normalized spacial score (nSPS) is 14.6. The van der Waals surface area contributed by atoms with E-state index in [0.717, 1.165) is 16.7 Å². The highest BCUT2D eigenvalue weighted by Crippen LogP contribution is 2.38. The number of halogens is 1. The number of esters is 1. The number of ether oxygens (including phenoxy) is 3. The molecule has 1 atom stereocenters. The Kier molecular flexibility index (Phi) is 8.47. The highest BCUT2D eigenvalue weighted by atomic mass is 35.5. The zero-order valence-electron chi connectivity index (χ0n) is 25.0. The number of hydrogen-bond acceptors (Lipinski definition) is 8. The number of methoxy groups -OCH3 is 2. The molecule has 45 heavy (non-hydrogen) atoms. The van der Waals surface area contributed by atoms with Crippen LogP contribution < -0.4 is 24.4 Å². The predicted molar refractivity (Wildman–Crippen MR) is 174 cm³/mol. The number of fused-ring (bicyclic) bond motifs is 1. The van der Waals surface area contributed by atoms with Crippen molar-refractivity contribution in [1.82, 2.24) is 4.57 Å². The quantitative estimate of drug-likeness (QED) is 0.188. The first kappa shape index (κ1) is 30.2. The van der Waals surface area contributed by atoms with Gasteiger partial charge in [0.1, 0.15) is 11.5 Å². The van der Waals surface area contributed by atoms with E-state index >= 15 is 0 Å². The van der Waals surface area contributed by atoms with Gasteiger partial charge in [-0.1, -0.05) is 65.4 Å². The van der Waals surface area contributed by atoms with Crippen LogP contribution in [0.4, 0.5) is 0 Å². The number of furan rings is 1. The van der Waals surface area contributed by atoms with E-state index in [1.165, 1.54) is 23.0 Å². The Hall–Kier alpha value is -4.86. The summed E-state index contributed by atoms with van der Waals surface area (Å²) in [5.41, 5.74) is 3.56. The third-order valence-corrected chi connectivity index (χ3v) is 8.68. The van der Waals surface area contributed by atoms with Gasteiger partial charge in [-0.2, -0.15) is 0 Å². The minimum Gasteiger partial charge on any atom is -0.493 e. The Morgan fingerprint density at radius 3 is 2.53 bits per heavy atom. The minimum atomic E-state index is -0.862. The van der Waals surface area contributed by atoms with Crippen LogP contribution in [-0.4, -0.2) is 31.4 Å². The van der Waals surface area contributed by atoms with Gasteiger partial charge in [0.2, 0.25) is 0 Å². The van der Waals surface area contributed by atoms with Crippen molar-refractivity contribution in [3.8, 4) is 22.8 Å². The van der Waals surface area contributed by atoms with Crippen LogP contribution in [0.2, 0.25) is 5.02 Å². The molecule has 0 N–H and O–H groups in total. The average Bonchev–Trinajstić information content (AvgIpc) is 3.65. The molecular formula is C35H29ClN2O6S. The van der Waals surface area contributed by atoms with Gasteiger partial charge in [-0.25, -0.2) is 9.79 Å². The maximum Gasteiger partial charge on any atom is 0.338 e. The lowest BCUT2D eigenvalue weighted by Crippen LogP contribution is -2.40. The first-order valence-corrected chi connectivity index (χ1v) is 15.4. The summed E-state index contributed by atoms with van der Waals surface area (Å²) >= 11 is 7.45. The second kappa shape index (κ2) is 12.6. The molecule has 1 aliphatic rings. The molecule has 0 saturated heterocycles. The molecule has 0 radical (unpaired) electrons. The van der Waals surface area contributed by atoms with Gasteiger partial charge in [0.25, 0.3) is 5.56 Å². The van der Waals surface area contributed by atoms with Crippen LogP contribution in [0.3, 0.4) is 0 Å². The highest BCUT2D eigenvalue weighted by molar-refractivity contribution is 7.07. The average molecular weight is 641 g/mol. The van der Waals surface area contributed by atoms with Gasteiger partial charge >= 0.3 is 5.97 Å². The van der Waals surface area contributed by atoms with Gasteiger partial charge in [-0.05, 0) is 61.4 Å². The summed E-state index contributed by atoms with van der Waals surface area (Å²) < 4.78 is 24.7. The van der Waals surface area contributed by atoms with Crippen molar-refractivity contribution in [3.05, 3.63) is 132 Å². The minimum absolute atomic E-state index is 0.153. The molecule has 0 bridgehead atoms. The molecule has 1 aliphatic heterocycles. The molecule has 1 unspecified atom stereocenters. The number of nitrogens with zero attached hydrogens (tertiary/aromatic N) is 2. The summed E-state index contributed by atoms with van der Waals surface area (Å²) in [6.07, 6.45) is 1.69. The van der Waals surface area contributed by atoms with Crippen molar-refractivity contribution >= 4 is 40.7 Å². The van der Waals surface area contributed by atoms with Gasteiger partial charge in [0.15, 0.2) is 16.3 Å². The first-order chi connectivity index (χ1) is 21.8. The third-order valence-electron chi connectivity index (χ3n) is 7.46. The summed E-state index contributed by atoms with van der Waals surface area (Å²) in [5, 5.41) is 0.601. The zero-order chi connectivity index (χ0) is 31.7. The predicted octanol–water partition coefficient (Wildman–Crippen LogP) is 6.17. The van der Waals surface area contributed by atoms with Crippen molar-refractivity contribution in [2.75, 3.05) is 20.8 Å². The molecule has 0 aliphatic carbocycles. The molecule has 3 aromatic carbocycles. The van der Waals surface area contributed by atoms with Crippen molar-refractivity contribution < 1.29 is 23.4 Å². The van der Waals surface area contributed by atoms with Crippen LogP contribution in [0.25, 0.3) is 23.1 Å². The topological polar surface area (TPSA) is 92.3 Å². The summed E-state index contributed by atoms with van der Waals surface area (Å²) in [5.74, 6) is 1.53. The van der Waals surface area contributed by atoms with Crippen LogP contribution in [0.5, 0.6) is 11.5 Å². The van der Waals surface area contributed by atoms with E-state index in [2.05, 4.69) is 0 Å². The fourth-order valence-corrected chi connectivity index (χ4v) is 6.50. The molecule has 2 aromatic heterocycles. The SMILES string of the molecule is CCOC(=O)C1=C(c2ccccc2)N=c2s/c(=C\c3ccc(-c4cc(Cl)ccc4C)o3)c(=O)n2C1c1ccc(OC)c(OC)c1. The number of thiazole rings is 1. The first-order valence-electron chi connectivity index (χ1n) is 14.2. The van der Waals surface area contributed by atoms with E-state index in [1.54, 1.807) is 38.3 Å². The summed E-state index contributed by atoms with van der Waals surface area (Å²) in [6, 6.07) is 23.1. The Balaban J connectivity index is 1.58. The Labute approximate surface area is 268 Å². The number of aryl methyl sites for hydroxylation is 1. The highest BCUT2D eigenvalue weighted by Gasteiger charge is 2.35. The Morgan fingerprint density at radius 2 is 1.80 bits per heavy atom. The summed E-state index contributed by atoms with van der Waals surface area (Å²) in [6.45, 7) is 3.87. The van der Waals surface area contributed by atoms with Crippen molar-refractivity contribution in [3.63, 3.8) is 0 Å². The van der Waals surface area contributed by atoms with Gasteiger partial charge in [-0.3, -0.25) is 9.36 Å². The van der Waals surface area contributed by atoms with Crippen LogP contribution in [0.15, 0.2) is 98.6 Å². The number of rotatable bonds is 8. The van der Waals surface area contributed by atoms with Crippen LogP contribution in [0.1, 0.15) is 35.4 Å². The number of carbonyl (C=O) groups is 1. The number of hydrogen-bond donors (Lipinski definition) is 0. The molecule has 5 aromatic rings. The molecule has 228 valence electrons. The van der Waals surface area contributed by atoms with Crippen LogP contribution >= 0.6 is 22.9 Å². The Morgan fingerprint density at radius 1 is 1.02 bits per heavy atom. The fourth-order valence-electron chi connectivity index (χ4n) is 5.34. The summed E-state index contributed by atoms with van der Waals surface area (Å²) in [4.78, 5) is 33.2. The van der Waals surface area contributed by atoms with Gasteiger partial charge < -0.3 is 18.6 Å². The van der Waals surface area contributed by atoms with Gasteiger partial charge in [-0.15, -0.1) is 0 Å². The standard InChI is InChI=1S/C35H29ClN2O6S/c1-5-43-34(40)30-31(21-9-7-6-8-10-21)37-35-38(32(30)22-12-15-27(41-3)28(17-22)42-4)33(39)29(45-35)19-24-14-16-26(44-24)25-18-23(36)13-11-20(25)2/h6-19,32H,5H2,1-4H3/b29-19-. The molecule has 0 amide bonds. The second-order valence-electron chi connectivity index (χ2n) is 10.2. The monoisotopic (exact) mass is 640 g/mol. The lowest BCUT2D eigenvalue weighted by Gasteiger charge is -2.26. The lowest BCUT2D eigenvalue weighted by molar-refractivity contribution is -0.138. The van der Waals surface area contributed by atoms with Crippen molar-refractivity contribution in [2.45, 2.75) is 19.9 Å². The molecule has 0 spiro atoms. The van der Waals surface area contributed by atoms with E-state index in [-0.39, 0.29) is 17.7 Å². The molecule has 8 nitrogen and oxygen atoms in total. The van der Waals surface area contributed by atoms with E-state index in [0.29, 0.717) is 48.6 Å². The molecule has 0 fully saturated rings. The van der Waals surface area contributed by atoms with Crippen LogP contribution in [0, 0.1) is 6.92 Å². The molecule has 6 rings (SSSR count). The molecule has 0 saturated carbocycles. The molecule has 3 heterocycles. The van der Waals surface area contributed by atoms with E-state index in [9.17, 15) is 9.59 Å². The number of aromatic nitrogens is 1. The molecule has 10 heteroatoms. The van der Waals surface area contributed by atoms with Gasteiger partial charge in [0.05, 0.1) is 42.7 Å². The maximum atomic E-state index is 14.2. The smallest absolute Gasteiger partial charge is 0.338 e. The fraction of sp³-hybridized carbons (Fsp3) is 0.171. The van der Waals surface area contributed by atoms with Crippen LogP contribution in [-0.2, 0) is 9.53 Å². The zero-order valence-corrected chi connectivity index (χ0v) is 26.6. The third kappa shape index (κ3) is 5.72. The Bertz CT molecular complexity index is 2130. The largest absolute Gasteiger partial charge is 0.493 e. The number of carbonyl (C=O) groups excluding carboxylic acids is 1. The van der Waals surface area contributed by atoms with Gasteiger partial charge in [0, 0.05) is 22.2 Å². The van der Waals surface area contributed by atoms with E-state index in [1.807, 2.05) is 67.6 Å². The summed E-state index contributed by atoms with van der Waals surface area (Å²) in [7, 11) is 3.08. The maximum absolute atomic E-state index is 14.2. The van der Waals surface area contributed by atoms with E-state index < -0.39 is 12.0 Å². The van der Waals surface area contributed by atoms with Crippen molar-refractivity contribution in [1.29, 1.82) is 0 Å². The van der Waals surface area contributed by atoms with E-state index in [4.69, 9.17) is 35.2 Å². The lowest BCUT2D eigenvalue weighted by atomic mass is 9.93. The second-order valence-corrected chi connectivity index (χ2v) is 11.7.